The molecule has 3 amide bonds. The van der Waals surface area contributed by atoms with Gasteiger partial charge in [-0.15, -0.1) is 11.3 Å². The third-order valence-corrected chi connectivity index (χ3v) is 7.75. The highest BCUT2D eigenvalue weighted by Crippen LogP contribution is 2.35. The van der Waals surface area contributed by atoms with Crippen molar-refractivity contribution in [3.63, 3.8) is 0 Å². The molecule has 1 aliphatic carbocycles. The van der Waals surface area contributed by atoms with E-state index in [-0.39, 0.29) is 18.0 Å². The third-order valence-electron chi connectivity index (χ3n) is 6.75. The molecule has 1 atom stereocenters. The molecule has 0 radical (unpaired) electrons. The number of nitrogens with zero attached hydrogens (tertiary/aromatic N) is 3. The van der Waals surface area contributed by atoms with Crippen LogP contribution in [-0.4, -0.2) is 71.9 Å². The molecule has 0 bridgehead atoms. The van der Waals surface area contributed by atoms with Crippen molar-refractivity contribution in [2.75, 3.05) is 39.3 Å². The first-order valence-electron chi connectivity index (χ1n) is 11.3. The van der Waals surface area contributed by atoms with E-state index in [2.05, 4.69) is 33.5 Å². The first-order chi connectivity index (χ1) is 14.2. The second-order valence-electron chi connectivity index (χ2n) is 8.61. The summed E-state index contributed by atoms with van der Waals surface area (Å²) in [5, 5.41) is 5.36. The van der Waals surface area contributed by atoms with Gasteiger partial charge in [-0.2, -0.15) is 0 Å². The van der Waals surface area contributed by atoms with Gasteiger partial charge in [0.25, 0.3) is 0 Å². The Hall–Kier alpha value is -1.60. The molecule has 29 heavy (non-hydrogen) atoms. The summed E-state index contributed by atoms with van der Waals surface area (Å²) < 4.78 is 0. The topological polar surface area (TPSA) is 55.9 Å². The van der Waals surface area contributed by atoms with Crippen LogP contribution in [0, 0.1) is 0 Å². The number of fused-ring (bicyclic) bond motifs is 1. The normalized spacial score (nSPS) is 23.7. The van der Waals surface area contributed by atoms with Crippen LogP contribution in [0.4, 0.5) is 4.79 Å². The van der Waals surface area contributed by atoms with E-state index in [9.17, 15) is 9.59 Å². The molecular formula is C22H34N4O2S. The summed E-state index contributed by atoms with van der Waals surface area (Å²) in [6, 6.07) is 2.84. The minimum atomic E-state index is 0.0786. The zero-order chi connectivity index (χ0) is 20.2. The number of hydrogen-bond donors (Lipinski definition) is 1. The Morgan fingerprint density at radius 1 is 1.10 bits per heavy atom. The summed E-state index contributed by atoms with van der Waals surface area (Å²) in [5.41, 5.74) is 1.35. The van der Waals surface area contributed by atoms with Crippen LogP contribution in [0.5, 0.6) is 0 Å². The van der Waals surface area contributed by atoms with Gasteiger partial charge in [0, 0.05) is 43.6 Å². The molecule has 1 unspecified atom stereocenters. The van der Waals surface area contributed by atoms with Gasteiger partial charge in [0.05, 0.1) is 12.6 Å². The highest BCUT2D eigenvalue weighted by Gasteiger charge is 2.32. The first kappa shape index (κ1) is 20.7. The van der Waals surface area contributed by atoms with Gasteiger partial charge in [0.1, 0.15) is 0 Å². The molecule has 1 N–H and O–H groups in total. The Balaban J connectivity index is 1.25. The molecule has 1 aromatic heterocycles. The van der Waals surface area contributed by atoms with Crippen molar-refractivity contribution < 1.29 is 9.59 Å². The molecule has 3 aliphatic rings. The largest absolute Gasteiger partial charge is 0.335 e. The average molecular weight is 419 g/mol. The van der Waals surface area contributed by atoms with E-state index in [1.165, 1.54) is 29.7 Å². The number of nitrogens with one attached hydrogen (secondary N) is 1. The summed E-state index contributed by atoms with van der Waals surface area (Å²) in [7, 11) is 0. The zero-order valence-corrected chi connectivity index (χ0v) is 18.4. The van der Waals surface area contributed by atoms with E-state index < -0.39 is 0 Å². The smallest absolute Gasteiger partial charge is 0.317 e. The fourth-order valence-corrected chi connectivity index (χ4v) is 5.97. The van der Waals surface area contributed by atoms with E-state index in [0.29, 0.717) is 25.7 Å². The number of urea groups is 1. The fourth-order valence-electron chi connectivity index (χ4n) is 5.04. The van der Waals surface area contributed by atoms with Crippen molar-refractivity contribution in [1.29, 1.82) is 0 Å². The maximum absolute atomic E-state index is 13.0. The van der Waals surface area contributed by atoms with Crippen LogP contribution in [0.3, 0.4) is 0 Å². The number of piperazine rings is 1. The molecule has 1 saturated heterocycles. The summed E-state index contributed by atoms with van der Waals surface area (Å²) in [4.78, 5) is 33.2. The van der Waals surface area contributed by atoms with Crippen molar-refractivity contribution in [3.05, 3.63) is 21.9 Å². The van der Waals surface area contributed by atoms with Crippen LogP contribution >= 0.6 is 11.3 Å². The van der Waals surface area contributed by atoms with Crippen molar-refractivity contribution in [1.82, 2.24) is 20.0 Å². The number of rotatable bonds is 4. The average Bonchev–Trinajstić information content (AvgIpc) is 3.23. The molecule has 1 saturated carbocycles. The van der Waals surface area contributed by atoms with Crippen LogP contribution in [-0.2, 0) is 11.2 Å². The standard InChI is InChI=1S/C22H34N4O2S/c1-2-19-18-9-15-29-20(18)8-10-26(19)21(27)16-24-11-13-25(14-12-24)22(28)23-17-6-4-3-5-7-17/h9,15,17,19H,2-8,10-14,16H2,1H3,(H,23,28). The predicted molar refractivity (Wildman–Crippen MR) is 116 cm³/mol. The minimum absolute atomic E-state index is 0.0786. The van der Waals surface area contributed by atoms with Crippen molar-refractivity contribution >= 4 is 23.3 Å². The first-order valence-corrected chi connectivity index (χ1v) is 12.2. The Morgan fingerprint density at radius 3 is 2.59 bits per heavy atom. The SMILES string of the molecule is CCC1c2ccsc2CCN1C(=O)CN1CCN(C(=O)NC2CCCCC2)CC1. The van der Waals surface area contributed by atoms with Gasteiger partial charge in [-0.1, -0.05) is 26.2 Å². The van der Waals surface area contributed by atoms with Crippen LogP contribution < -0.4 is 5.32 Å². The fraction of sp³-hybridized carbons (Fsp3) is 0.727. The summed E-state index contributed by atoms with van der Waals surface area (Å²) in [6.45, 7) is 6.43. The van der Waals surface area contributed by atoms with Gasteiger partial charge >= 0.3 is 6.03 Å². The maximum Gasteiger partial charge on any atom is 0.317 e. The molecule has 160 valence electrons. The van der Waals surface area contributed by atoms with E-state index in [4.69, 9.17) is 0 Å². The number of hydrogen-bond acceptors (Lipinski definition) is 4. The molecule has 0 spiro atoms. The second-order valence-corrected chi connectivity index (χ2v) is 9.61. The summed E-state index contributed by atoms with van der Waals surface area (Å²) in [6.07, 6.45) is 7.91. The van der Waals surface area contributed by atoms with Crippen LogP contribution in [0.25, 0.3) is 0 Å². The van der Waals surface area contributed by atoms with E-state index >= 15 is 0 Å². The third kappa shape index (κ3) is 4.77. The highest BCUT2D eigenvalue weighted by atomic mass is 32.1. The molecule has 2 aliphatic heterocycles. The minimum Gasteiger partial charge on any atom is -0.335 e. The maximum atomic E-state index is 13.0. The summed E-state index contributed by atoms with van der Waals surface area (Å²) >= 11 is 1.82. The summed E-state index contributed by atoms with van der Waals surface area (Å²) in [5.74, 6) is 0.230. The lowest BCUT2D eigenvalue weighted by molar-refractivity contribution is -0.135. The second kappa shape index (κ2) is 9.47. The van der Waals surface area contributed by atoms with Gasteiger partial charge in [-0.05, 0) is 42.7 Å². The van der Waals surface area contributed by atoms with E-state index in [1.807, 2.05) is 16.2 Å². The Morgan fingerprint density at radius 2 is 1.86 bits per heavy atom. The molecule has 0 aromatic carbocycles. The monoisotopic (exact) mass is 418 g/mol. The molecule has 4 rings (SSSR count). The lowest BCUT2D eigenvalue weighted by Gasteiger charge is -2.39. The molecular weight excluding hydrogens is 384 g/mol. The van der Waals surface area contributed by atoms with E-state index in [1.54, 1.807) is 0 Å². The molecule has 7 heteroatoms. The lowest BCUT2D eigenvalue weighted by Crippen LogP contribution is -2.55. The van der Waals surface area contributed by atoms with Gasteiger partial charge < -0.3 is 15.1 Å². The van der Waals surface area contributed by atoms with Crippen LogP contribution in [0.2, 0.25) is 0 Å². The highest BCUT2D eigenvalue weighted by molar-refractivity contribution is 7.10. The zero-order valence-electron chi connectivity index (χ0n) is 17.6. The van der Waals surface area contributed by atoms with Crippen molar-refractivity contribution in [2.45, 2.75) is 64.0 Å². The lowest BCUT2D eigenvalue weighted by atomic mass is 9.96. The number of thiophene rings is 1. The van der Waals surface area contributed by atoms with Gasteiger partial charge in [-0.3, -0.25) is 9.69 Å². The van der Waals surface area contributed by atoms with Crippen molar-refractivity contribution in [3.8, 4) is 0 Å². The van der Waals surface area contributed by atoms with Crippen molar-refractivity contribution in [2.24, 2.45) is 0 Å². The Bertz CT molecular complexity index is 707. The quantitative estimate of drug-likeness (QED) is 0.817. The Labute approximate surface area is 178 Å². The predicted octanol–water partition coefficient (Wildman–Crippen LogP) is 3.24. The molecule has 6 nitrogen and oxygen atoms in total. The number of amides is 3. The molecule has 2 fully saturated rings. The van der Waals surface area contributed by atoms with Crippen LogP contribution in [0.1, 0.15) is 61.9 Å². The Kier molecular flexibility index (Phi) is 6.75. The molecule has 1 aromatic rings. The van der Waals surface area contributed by atoms with E-state index in [0.717, 1.165) is 45.3 Å². The van der Waals surface area contributed by atoms with Gasteiger partial charge in [0.15, 0.2) is 0 Å². The number of carbonyl (C=O) groups excluding carboxylic acids is 2. The molecule has 3 heterocycles. The van der Waals surface area contributed by atoms with Crippen LogP contribution in [0.15, 0.2) is 11.4 Å². The number of carbonyl (C=O) groups is 2. The van der Waals surface area contributed by atoms with Gasteiger partial charge in [0.2, 0.25) is 5.91 Å². The van der Waals surface area contributed by atoms with Gasteiger partial charge in [-0.25, -0.2) is 4.79 Å².